The van der Waals surface area contributed by atoms with Gasteiger partial charge in [0.15, 0.2) is 0 Å². The van der Waals surface area contributed by atoms with Crippen LogP contribution in [0, 0.1) is 0 Å². The van der Waals surface area contributed by atoms with Gasteiger partial charge in [-0.2, -0.15) is 13.2 Å². The van der Waals surface area contributed by atoms with Crippen LogP contribution in [-0.2, 0) is 15.7 Å². The molecule has 116 valence electrons. The first-order valence-electron chi connectivity index (χ1n) is 6.03. The molecule has 0 radical (unpaired) electrons. The van der Waals surface area contributed by atoms with Gasteiger partial charge in [0, 0.05) is 20.0 Å². The molecule has 0 aliphatic heterocycles. The second-order valence-corrected chi connectivity index (χ2v) is 4.10. The van der Waals surface area contributed by atoms with E-state index in [2.05, 4.69) is 10.1 Å². The van der Waals surface area contributed by atoms with Gasteiger partial charge in [-0.3, -0.25) is 4.79 Å². The number of alkyl halides is 3. The van der Waals surface area contributed by atoms with Crippen molar-refractivity contribution in [3.05, 3.63) is 29.8 Å². The fraction of sp³-hybridized carbons (Fsp3) is 0.385. The molecule has 1 rings (SSSR count). The Kier molecular flexibility index (Phi) is 5.57. The summed E-state index contributed by atoms with van der Waals surface area (Å²) in [5, 5.41) is 2.31. The number of para-hydroxylation sites is 1. The smallest absolute Gasteiger partial charge is 0.418 e. The molecule has 0 saturated heterocycles. The first-order chi connectivity index (χ1) is 9.77. The SMILES string of the molecule is COC(=O)NCCN(C(C)=O)c1ccccc1C(F)(F)F. The second-order valence-electron chi connectivity index (χ2n) is 4.10. The molecule has 0 aliphatic carbocycles. The van der Waals surface area contributed by atoms with Gasteiger partial charge in [-0.25, -0.2) is 4.79 Å². The van der Waals surface area contributed by atoms with Crippen LogP contribution >= 0.6 is 0 Å². The monoisotopic (exact) mass is 304 g/mol. The standard InChI is InChI=1S/C13H15F3N2O3/c1-9(19)18(8-7-17-12(20)21-2)11-6-4-3-5-10(11)13(14,15)16/h3-6H,7-8H2,1-2H3,(H,17,20). The highest BCUT2D eigenvalue weighted by molar-refractivity contribution is 5.92. The number of nitrogens with one attached hydrogen (secondary N) is 1. The Bertz CT molecular complexity index is 518. The van der Waals surface area contributed by atoms with E-state index in [0.717, 1.165) is 25.0 Å². The van der Waals surface area contributed by atoms with Crippen molar-refractivity contribution < 1.29 is 27.5 Å². The molecule has 0 bridgehead atoms. The van der Waals surface area contributed by atoms with Crippen molar-refractivity contribution in [2.24, 2.45) is 0 Å². The Morgan fingerprint density at radius 3 is 2.43 bits per heavy atom. The van der Waals surface area contributed by atoms with Crippen LogP contribution in [-0.4, -0.2) is 32.2 Å². The molecular formula is C13H15F3N2O3. The summed E-state index contributed by atoms with van der Waals surface area (Å²) in [6.07, 6.45) is -5.29. The van der Waals surface area contributed by atoms with Gasteiger partial charge in [-0.05, 0) is 12.1 Å². The van der Waals surface area contributed by atoms with Gasteiger partial charge in [-0.15, -0.1) is 0 Å². The number of alkyl carbamates (subject to hydrolysis) is 1. The van der Waals surface area contributed by atoms with Gasteiger partial charge >= 0.3 is 12.3 Å². The average Bonchev–Trinajstić information content (AvgIpc) is 2.42. The zero-order chi connectivity index (χ0) is 16.0. The number of carbonyl (C=O) groups excluding carboxylic acids is 2. The van der Waals surface area contributed by atoms with Gasteiger partial charge in [0.25, 0.3) is 0 Å². The molecule has 0 heterocycles. The summed E-state index contributed by atoms with van der Waals surface area (Å²) in [7, 11) is 1.16. The minimum atomic E-state index is -4.57. The first kappa shape index (κ1) is 16.8. The Balaban J connectivity index is 2.97. The quantitative estimate of drug-likeness (QED) is 0.929. The maximum atomic E-state index is 12.9. The summed E-state index contributed by atoms with van der Waals surface area (Å²) in [6.45, 7) is 1.03. The summed E-state index contributed by atoms with van der Waals surface area (Å²) in [5.41, 5.74) is -1.15. The van der Waals surface area contributed by atoms with Gasteiger partial charge in [0.05, 0.1) is 18.4 Å². The highest BCUT2D eigenvalue weighted by Crippen LogP contribution is 2.36. The second kappa shape index (κ2) is 6.96. The molecule has 21 heavy (non-hydrogen) atoms. The van der Waals surface area contributed by atoms with Gasteiger partial charge in [0.1, 0.15) is 0 Å². The summed E-state index contributed by atoms with van der Waals surface area (Å²) in [6, 6.07) is 4.77. The molecule has 0 aromatic heterocycles. The lowest BCUT2D eigenvalue weighted by atomic mass is 10.1. The molecule has 0 spiro atoms. The van der Waals surface area contributed by atoms with Crippen LogP contribution in [0.4, 0.5) is 23.7 Å². The van der Waals surface area contributed by atoms with E-state index in [1.165, 1.54) is 18.2 Å². The molecule has 0 atom stereocenters. The normalized spacial score (nSPS) is 10.9. The van der Waals surface area contributed by atoms with E-state index in [-0.39, 0.29) is 18.8 Å². The fourth-order valence-electron chi connectivity index (χ4n) is 1.74. The van der Waals surface area contributed by atoms with E-state index in [1.54, 1.807) is 0 Å². The molecule has 1 N–H and O–H groups in total. The number of hydrogen-bond acceptors (Lipinski definition) is 3. The zero-order valence-corrected chi connectivity index (χ0v) is 11.5. The van der Waals surface area contributed by atoms with Crippen LogP contribution in [0.15, 0.2) is 24.3 Å². The van der Waals surface area contributed by atoms with Crippen molar-refractivity contribution in [2.45, 2.75) is 13.1 Å². The van der Waals surface area contributed by atoms with Crippen LogP contribution in [0.3, 0.4) is 0 Å². The molecule has 0 saturated carbocycles. The van der Waals surface area contributed by atoms with Crippen molar-refractivity contribution >= 4 is 17.7 Å². The molecule has 0 aliphatic rings. The van der Waals surface area contributed by atoms with E-state index in [0.29, 0.717) is 0 Å². The van der Waals surface area contributed by atoms with Crippen LogP contribution in [0.2, 0.25) is 0 Å². The summed E-state index contributed by atoms with van der Waals surface area (Å²) < 4.78 is 43.2. The van der Waals surface area contributed by atoms with E-state index in [1.807, 2.05) is 0 Å². The minimum Gasteiger partial charge on any atom is -0.453 e. The molecule has 8 heteroatoms. The van der Waals surface area contributed by atoms with Gasteiger partial charge in [0.2, 0.25) is 5.91 Å². The fourth-order valence-corrected chi connectivity index (χ4v) is 1.74. The first-order valence-corrected chi connectivity index (χ1v) is 6.03. The Labute approximate surface area is 119 Å². The number of benzene rings is 1. The topological polar surface area (TPSA) is 58.6 Å². The molecule has 1 aromatic carbocycles. The maximum Gasteiger partial charge on any atom is 0.418 e. The Hall–Kier alpha value is -2.25. The lowest BCUT2D eigenvalue weighted by molar-refractivity contribution is -0.137. The molecule has 0 fully saturated rings. The zero-order valence-electron chi connectivity index (χ0n) is 11.5. The van der Waals surface area contributed by atoms with Crippen molar-refractivity contribution in [1.29, 1.82) is 0 Å². The average molecular weight is 304 g/mol. The van der Waals surface area contributed by atoms with Crippen molar-refractivity contribution in [3.8, 4) is 0 Å². The number of carbonyl (C=O) groups is 2. The summed E-state index contributed by atoms with van der Waals surface area (Å²) in [5.74, 6) is -0.557. The van der Waals surface area contributed by atoms with E-state index >= 15 is 0 Å². The van der Waals surface area contributed by atoms with Crippen LogP contribution in [0.1, 0.15) is 12.5 Å². The third kappa shape index (κ3) is 4.66. The number of hydrogen-bond donors (Lipinski definition) is 1. The maximum absolute atomic E-state index is 12.9. The highest BCUT2D eigenvalue weighted by Gasteiger charge is 2.35. The van der Waals surface area contributed by atoms with E-state index < -0.39 is 23.7 Å². The predicted molar refractivity (Wildman–Crippen MR) is 69.9 cm³/mol. The van der Waals surface area contributed by atoms with Gasteiger partial charge in [-0.1, -0.05) is 12.1 Å². The number of nitrogens with zero attached hydrogens (tertiary/aromatic N) is 1. The lowest BCUT2D eigenvalue weighted by Crippen LogP contribution is -2.38. The van der Waals surface area contributed by atoms with E-state index in [9.17, 15) is 22.8 Å². The van der Waals surface area contributed by atoms with Crippen LogP contribution in [0.25, 0.3) is 0 Å². The van der Waals surface area contributed by atoms with Crippen molar-refractivity contribution in [1.82, 2.24) is 5.32 Å². The van der Waals surface area contributed by atoms with Crippen molar-refractivity contribution in [2.75, 3.05) is 25.1 Å². The molecule has 5 nitrogen and oxygen atoms in total. The predicted octanol–water partition coefficient (Wildman–Crippen LogP) is 2.41. The molecular weight excluding hydrogens is 289 g/mol. The van der Waals surface area contributed by atoms with Crippen molar-refractivity contribution in [3.63, 3.8) is 0 Å². The number of amides is 2. The Morgan fingerprint density at radius 1 is 1.29 bits per heavy atom. The highest BCUT2D eigenvalue weighted by atomic mass is 19.4. The third-order valence-corrected chi connectivity index (χ3v) is 2.67. The van der Waals surface area contributed by atoms with E-state index in [4.69, 9.17) is 0 Å². The summed E-state index contributed by atoms with van der Waals surface area (Å²) in [4.78, 5) is 23.4. The molecule has 0 unspecified atom stereocenters. The number of halogens is 3. The van der Waals surface area contributed by atoms with Crippen LogP contribution in [0.5, 0.6) is 0 Å². The summed E-state index contributed by atoms with van der Waals surface area (Å²) >= 11 is 0. The largest absolute Gasteiger partial charge is 0.453 e. The third-order valence-electron chi connectivity index (χ3n) is 2.67. The number of rotatable bonds is 4. The molecule has 1 aromatic rings. The number of methoxy groups -OCH3 is 1. The Morgan fingerprint density at radius 2 is 1.90 bits per heavy atom. The number of ether oxygens (including phenoxy) is 1. The minimum absolute atomic E-state index is 0.0293. The number of anilines is 1. The van der Waals surface area contributed by atoms with Crippen LogP contribution < -0.4 is 10.2 Å². The van der Waals surface area contributed by atoms with Gasteiger partial charge < -0.3 is 15.0 Å². The molecule has 2 amide bonds. The lowest BCUT2D eigenvalue weighted by Gasteiger charge is -2.24.